The molecule has 1 aromatic carbocycles. The lowest BCUT2D eigenvalue weighted by atomic mass is 10.2. The summed E-state index contributed by atoms with van der Waals surface area (Å²) >= 11 is 0. The van der Waals surface area contributed by atoms with Crippen LogP contribution in [-0.4, -0.2) is 26.3 Å². The Labute approximate surface area is 119 Å². The molecular weight excluding hydrogens is 256 g/mol. The molecule has 1 rings (SSSR count). The Morgan fingerprint density at radius 2 is 1.55 bits per heavy atom. The third-order valence-electron chi connectivity index (χ3n) is 2.48. The second-order valence-corrected chi connectivity index (χ2v) is 4.04. The molecule has 1 aromatic rings. The van der Waals surface area contributed by atoms with Crippen molar-refractivity contribution < 1.29 is 19.0 Å². The number of esters is 1. The highest BCUT2D eigenvalue weighted by Crippen LogP contribution is 2.24. The summed E-state index contributed by atoms with van der Waals surface area (Å²) in [6.45, 7) is 8.26. The first-order valence-electron chi connectivity index (χ1n) is 6.42. The monoisotopic (exact) mass is 276 g/mol. The summed E-state index contributed by atoms with van der Waals surface area (Å²) in [5.74, 6) is 0.722. The van der Waals surface area contributed by atoms with Crippen LogP contribution in [0.1, 0.15) is 23.2 Å². The van der Waals surface area contributed by atoms with Crippen LogP contribution in [-0.2, 0) is 4.74 Å². The third kappa shape index (κ3) is 5.18. The number of ether oxygens (including phenoxy) is 3. The first kappa shape index (κ1) is 15.8. The molecule has 4 heteroatoms. The predicted octanol–water partition coefficient (Wildman–Crippen LogP) is 3.38. The van der Waals surface area contributed by atoms with Crippen molar-refractivity contribution in [1.82, 2.24) is 0 Å². The fourth-order valence-electron chi connectivity index (χ4n) is 1.49. The van der Waals surface area contributed by atoms with Gasteiger partial charge in [-0.2, -0.15) is 0 Å². The summed E-state index contributed by atoms with van der Waals surface area (Å²) in [6, 6.07) is 5.02. The molecule has 0 unspecified atom stereocenters. The van der Waals surface area contributed by atoms with Gasteiger partial charge < -0.3 is 14.2 Å². The Hall–Kier alpha value is -2.23. The Bertz CT molecular complexity index is 433. The van der Waals surface area contributed by atoms with E-state index in [1.165, 1.54) is 7.11 Å². The summed E-state index contributed by atoms with van der Waals surface area (Å²) in [6.07, 6.45) is 5.00. The van der Waals surface area contributed by atoms with E-state index in [-0.39, 0.29) is 0 Å². The fourth-order valence-corrected chi connectivity index (χ4v) is 1.49. The number of methoxy groups -OCH3 is 1. The number of rotatable bonds is 9. The molecule has 0 spiro atoms. The molecule has 0 N–H and O–H groups in total. The molecule has 0 bridgehead atoms. The maximum Gasteiger partial charge on any atom is 0.338 e. The van der Waals surface area contributed by atoms with Crippen molar-refractivity contribution in [3.8, 4) is 11.5 Å². The van der Waals surface area contributed by atoms with E-state index >= 15 is 0 Å². The molecule has 0 saturated carbocycles. The Morgan fingerprint density at radius 1 is 1.05 bits per heavy atom. The van der Waals surface area contributed by atoms with Gasteiger partial charge in [-0.05, 0) is 25.0 Å². The van der Waals surface area contributed by atoms with Crippen LogP contribution in [0.15, 0.2) is 43.5 Å². The van der Waals surface area contributed by atoms with Gasteiger partial charge in [-0.3, -0.25) is 0 Å². The van der Waals surface area contributed by atoms with Crippen molar-refractivity contribution in [3.05, 3.63) is 49.1 Å². The second kappa shape index (κ2) is 8.80. The highest BCUT2D eigenvalue weighted by molar-refractivity contribution is 5.90. The van der Waals surface area contributed by atoms with Crippen LogP contribution in [0, 0.1) is 0 Å². The molecule has 0 radical (unpaired) electrons. The molecule has 0 atom stereocenters. The zero-order chi connectivity index (χ0) is 14.8. The lowest BCUT2D eigenvalue weighted by Gasteiger charge is -2.11. The van der Waals surface area contributed by atoms with Crippen molar-refractivity contribution in [2.24, 2.45) is 0 Å². The Balaban J connectivity index is 2.85. The van der Waals surface area contributed by atoms with E-state index in [2.05, 4.69) is 13.2 Å². The average molecular weight is 276 g/mol. The first-order chi connectivity index (χ1) is 9.71. The van der Waals surface area contributed by atoms with Gasteiger partial charge >= 0.3 is 5.97 Å². The van der Waals surface area contributed by atoms with Gasteiger partial charge in [-0.1, -0.05) is 12.2 Å². The van der Waals surface area contributed by atoms with Crippen LogP contribution >= 0.6 is 0 Å². The third-order valence-corrected chi connectivity index (χ3v) is 2.48. The van der Waals surface area contributed by atoms with Gasteiger partial charge in [0.15, 0.2) is 0 Å². The number of hydrogen-bond acceptors (Lipinski definition) is 4. The molecule has 20 heavy (non-hydrogen) atoms. The molecule has 0 amide bonds. The van der Waals surface area contributed by atoms with Crippen molar-refractivity contribution in [1.29, 1.82) is 0 Å². The van der Waals surface area contributed by atoms with Gasteiger partial charge in [0.1, 0.15) is 11.5 Å². The number of benzene rings is 1. The van der Waals surface area contributed by atoms with Gasteiger partial charge in [0.05, 0.1) is 25.9 Å². The molecule has 0 fully saturated rings. The number of hydrogen-bond donors (Lipinski definition) is 0. The number of carbonyl (C=O) groups is 1. The lowest BCUT2D eigenvalue weighted by molar-refractivity contribution is 0.0599. The lowest BCUT2D eigenvalue weighted by Crippen LogP contribution is -2.05. The predicted molar refractivity (Wildman–Crippen MR) is 78.4 cm³/mol. The molecule has 0 heterocycles. The van der Waals surface area contributed by atoms with Crippen LogP contribution in [0.4, 0.5) is 0 Å². The molecule has 0 aliphatic rings. The Morgan fingerprint density at radius 3 is 1.95 bits per heavy atom. The van der Waals surface area contributed by atoms with Crippen LogP contribution in [0.2, 0.25) is 0 Å². The van der Waals surface area contributed by atoms with Crippen LogP contribution in [0.25, 0.3) is 0 Å². The standard InChI is InChI=1S/C16H20O4/c1-4-6-8-19-14-10-13(16(17)18-3)11-15(12-14)20-9-7-5-2/h4-5,10-12H,1-2,6-9H2,3H3. The SMILES string of the molecule is C=CCCOc1cc(OCCC=C)cc(C(=O)OC)c1. The minimum atomic E-state index is -0.423. The number of carbonyl (C=O) groups excluding carboxylic acids is 1. The fraction of sp³-hybridized carbons (Fsp3) is 0.312. The molecule has 0 aromatic heterocycles. The van der Waals surface area contributed by atoms with E-state index in [1.54, 1.807) is 30.4 Å². The average Bonchev–Trinajstić information content (AvgIpc) is 2.47. The zero-order valence-corrected chi connectivity index (χ0v) is 11.8. The quantitative estimate of drug-likeness (QED) is 0.394. The van der Waals surface area contributed by atoms with Crippen LogP contribution < -0.4 is 9.47 Å². The summed E-state index contributed by atoms with van der Waals surface area (Å²) in [7, 11) is 1.34. The highest BCUT2D eigenvalue weighted by atomic mass is 16.5. The zero-order valence-electron chi connectivity index (χ0n) is 11.8. The second-order valence-electron chi connectivity index (χ2n) is 4.04. The maximum atomic E-state index is 11.6. The maximum absolute atomic E-state index is 11.6. The summed E-state index contributed by atoms with van der Waals surface area (Å²) in [5.41, 5.74) is 0.400. The Kier molecular flexibility index (Phi) is 6.96. The van der Waals surface area contributed by atoms with E-state index in [0.717, 1.165) is 12.8 Å². The van der Waals surface area contributed by atoms with E-state index in [4.69, 9.17) is 14.2 Å². The molecule has 0 aliphatic carbocycles. The summed E-state index contributed by atoms with van der Waals surface area (Å²) in [4.78, 5) is 11.6. The van der Waals surface area contributed by atoms with Crippen molar-refractivity contribution in [2.75, 3.05) is 20.3 Å². The van der Waals surface area contributed by atoms with Crippen molar-refractivity contribution in [2.45, 2.75) is 12.8 Å². The molecule has 0 saturated heterocycles. The molecule has 0 aliphatic heterocycles. The largest absolute Gasteiger partial charge is 0.493 e. The van der Waals surface area contributed by atoms with Gasteiger partial charge in [0.25, 0.3) is 0 Å². The van der Waals surface area contributed by atoms with Gasteiger partial charge in [-0.15, -0.1) is 13.2 Å². The minimum Gasteiger partial charge on any atom is -0.493 e. The molecular formula is C16H20O4. The van der Waals surface area contributed by atoms with Crippen molar-refractivity contribution in [3.63, 3.8) is 0 Å². The van der Waals surface area contributed by atoms with Gasteiger partial charge in [0, 0.05) is 6.07 Å². The molecule has 108 valence electrons. The van der Waals surface area contributed by atoms with E-state index in [1.807, 2.05) is 0 Å². The van der Waals surface area contributed by atoms with Crippen LogP contribution in [0.5, 0.6) is 11.5 Å². The summed E-state index contributed by atoms with van der Waals surface area (Å²) < 4.78 is 15.8. The van der Waals surface area contributed by atoms with Gasteiger partial charge in [-0.25, -0.2) is 4.79 Å². The first-order valence-corrected chi connectivity index (χ1v) is 6.42. The van der Waals surface area contributed by atoms with Crippen molar-refractivity contribution >= 4 is 5.97 Å². The molecule has 4 nitrogen and oxygen atoms in total. The topological polar surface area (TPSA) is 44.8 Å². The van der Waals surface area contributed by atoms with Gasteiger partial charge in [0.2, 0.25) is 0 Å². The minimum absolute atomic E-state index is 0.400. The smallest absolute Gasteiger partial charge is 0.338 e. The summed E-state index contributed by atoms with van der Waals surface area (Å²) in [5, 5.41) is 0. The van der Waals surface area contributed by atoms with Crippen LogP contribution in [0.3, 0.4) is 0 Å². The van der Waals surface area contributed by atoms with E-state index in [0.29, 0.717) is 30.3 Å². The van der Waals surface area contributed by atoms with E-state index < -0.39 is 5.97 Å². The van der Waals surface area contributed by atoms with E-state index in [9.17, 15) is 4.79 Å². The highest BCUT2D eigenvalue weighted by Gasteiger charge is 2.10. The normalized spacial score (nSPS) is 9.65.